The fourth-order valence-corrected chi connectivity index (χ4v) is 2.17. The first-order valence-corrected chi connectivity index (χ1v) is 6.78. The third-order valence-corrected chi connectivity index (χ3v) is 3.35. The first-order chi connectivity index (χ1) is 10.2. The van der Waals surface area contributed by atoms with Gasteiger partial charge in [-0.1, -0.05) is 18.2 Å². The highest BCUT2D eigenvalue weighted by molar-refractivity contribution is 5.83. The molecule has 4 nitrogen and oxygen atoms in total. The van der Waals surface area contributed by atoms with E-state index >= 15 is 0 Å². The number of nitrogens with zero attached hydrogens (tertiary/aromatic N) is 1. The van der Waals surface area contributed by atoms with Gasteiger partial charge in [0.25, 0.3) is 0 Å². The van der Waals surface area contributed by atoms with Gasteiger partial charge in [-0.05, 0) is 42.0 Å². The van der Waals surface area contributed by atoms with Crippen LogP contribution in [0.2, 0.25) is 0 Å². The van der Waals surface area contributed by atoms with E-state index in [4.69, 9.17) is 10.5 Å². The maximum Gasteiger partial charge on any atom is 0.126 e. The summed E-state index contributed by atoms with van der Waals surface area (Å²) in [5.41, 5.74) is 8.59. The smallest absolute Gasteiger partial charge is 0.126 e. The number of fused-ring (bicyclic) bond motifs is 1. The van der Waals surface area contributed by atoms with E-state index in [1.54, 1.807) is 7.11 Å². The quantitative estimate of drug-likeness (QED) is 0.718. The number of anilines is 2. The molecule has 0 amide bonds. The minimum atomic E-state index is 0.713. The molecule has 0 spiro atoms. The molecular weight excluding hydrogens is 262 g/mol. The van der Waals surface area contributed by atoms with E-state index in [9.17, 15) is 0 Å². The van der Waals surface area contributed by atoms with E-state index in [-0.39, 0.29) is 0 Å². The summed E-state index contributed by atoms with van der Waals surface area (Å²) in [7, 11) is 1.66. The minimum absolute atomic E-state index is 0.713. The molecule has 0 radical (unpaired) electrons. The van der Waals surface area contributed by atoms with E-state index in [1.165, 1.54) is 5.56 Å². The summed E-state index contributed by atoms with van der Waals surface area (Å²) in [6, 6.07) is 17.7. The normalized spacial score (nSPS) is 10.5. The molecule has 0 fully saturated rings. The van der Waals surface area contributed by atoms with Gasteiger partial charge < -0.3 is 15.8 Å². The van der Waals surface area contributed by atoms with Crippen molar-refractivity contribution >= 4 is 22.4 Å². The van der Waals surface area contributed by atoms with Crippen LogP contribution >= 0.6 is 0 Å². The number of pyridine rings is 1. The van der Waals surface area contributed by atoms with Crippen LogP contribution in [0, 0.1) is 0 Å². The molecule has 0 aliphatic carbocycles. The fraction of sp³-hybridized carbons (Fsp3) is 0.118. The summed E-state index contributed by atoms with van der Waals surface area (Å²) in [6.45, 7) is 0.713. The Labute approximate surface area is 123 Å². The minimum Gasteiger partial charge on any atom is -0.497 e. The third kappa shape index (κ3) is 3.05. The highest BCUT2D eigenvalue weighted by Gasteiger charge is 2.00. The zero-order valence-corrected chi connectivity index (χ0v) is 11.8. The molecule has 0 aliphatic rings. The van der Waals surface area contributed by atoms with Gasteiger partial charge in [0.05, 0.1) is 12.6 Å². The molecule has 1 aromatic heterocycles. The van der Waals surface area contributed by atoms with Crippen molar-refractivity contribution in [1.29, 1.82) is 0 Å². The lowest BCUT2D eigenvalue weighted by Crippen LogP contribution is -2.01. The van der Waals surface area contributed by atoms with Crippen molar-refractivity contribution in [1.82, 2.24) is 4.98 Å². The van der Waals surface area contributed by atoms with Crippen LogP contribution < -0.4 is 15.8 Å². The van der Waals surface area contributed by atoms with Crippen molar-refractivity contribution in [2.24, 2.45) is 0 Å². The van der Waals surface area contributed by atoms with Crippen molar-refractivity contribution in [3.63, 3.8) is 0 Å². The Kier molecular flexibility index (Phi) is 3.60. The number of hydrogen-bond acceptors (Lipinski definition) is 4. The fourth-order valence-electron chi connectivity index (χ4n) is 2.17. The molecule has 4 heteroatoms. The molecule has 3 rings (SSSR count). The highest BCUT2D eigenvalue weighted by atomic mass is 16.5. The lowest BCUT2D eigenvalue weighted by molar-refractivity contribution is 0.414. The van der Waals surface area contributed by atoms with Gasteiger partial charge >= 0.3 is 0 Å². The van der Waals surface area contributed by atoms with E-state index < -0.39 is 0 Å². The average molecular weight is 279 g/mol. The summed E-state index contributed by atoms with van der Waals surface area (Å²) >= 11 is 0. The van der Waals surface area contributed by atoms with Gasteiger partial charge in [0.2, 0.25) is 0 Å². The zero-order chi connectivity index (χ0) is 14.7. The van der Waals surface area contributed by atoms with Crippen LogP contribution in [0.4, 0.5) is 11.5 Å². The molecule has 3 aromatic rings. The van der Waals surface area contributed by atoms with E-state index in [0.29, 0.717) is 6.54 Å². The monoisotopic (exact) mass is 279 g/mol. The molecular formula is C17H17N3O. The summed E-state index contributed by atoms with van der Waals surface area (Å²) in [5.74, 6) is 1.70. The lowest BCUT2D eigenvalue weighted by atomic mass is 10.2. The van der Waals surface area contributed by atoms with E-state index in [0.717, 1.165) is 28.2 Å². The number of rotatable bonds is 4. The molecule has 0 saturated heterocycles. The second-order valence-corrected chi connectivity index (χ2v) is 4.85. The topological polar surface area (TPSA) is 60.2 Å². The summed E-state index contributed by atoms with van der Waals surface area (Å²) in [4.78, 5) is 4.57. The number of aromatic nitrogens is 1. The zero-order valence-electron chi connectivity index (χ0n) is 11.8. The van der Waals surface area contributed by atoms with E-state index in [1.807, 2.05) is 54.6 Å². The SMILES string of the molecule is COc1ccc(CNc2ccc3ccc(N)cc3n2)cc1. The molecule has 0 aliphatic heterocycles. The predicted octanol–water partition coefficient (Wildman–Crippen LogP) is 3.44. The van der Waals surface area contributed by atoms with Crippen molar-refractivity contribution in [3.05, 3.63) is 60.2 Å². The number of nitrogens with two attached hydrogens (primary N) is 1. The van der Waals surface area contributed by atoms with Crippen LogP contribution in [0.25, 0.3) is 10.9 Å². The first kappa shape index (κ1) is 13.2. The Morgan fingerprint density at radius 1 is 1.05 bits per heavy atom. The number of methoxy groups -OCH3 is 1. The molecule has 0 unspecified atom stereocenters. The standard InChI is InChI=1S/C17H17N3O/c1-21-15-7-2-12(3-8-15)11-19-17-9-5-13-4-6-14(18)10-16(13)20-17/h2-10H,11,18H2,1H3,(H,19,20). The molecule has 1 heterocycles. The predicted molar refractivity (Wildman–Crippen MR) is 86.5 cm³/mol. The van der Waals surface area contributed by atoms with Crippen molar-refractivity contribution in [3.8, 4) is 5.75 Å². The largest absolute Gasteiger partial charge is 0.497 e. The second kappa shape index (κ2) is 5.71. The number of nitrogens with one attached hydrogen (secondary N) is 1. The molecule has 3 N–H and O–H groups in total. The van der Waals surface area contributed by atoms with Gasteiger partial charge in [-0.2, -0.15) is 0 Å². The molecule has 0 bridgehead atoms. The summed E-state index contributed by atoms with van der Waals surface area (Å²) < 4.78 is 5.15. The van der Waals surface area contributed by atoms with Crippen LogP contribution in [-0.4, -0.2) is 12.1 Å². The number of benzene rings is 2. The van der Waals surface area contributed by atoms with Crippen LogP contribution in [0.15, 0.2) is 54.6 Å². The maximum atomic E-state index is 5.79. The van der Waals surface area contributed by atoms with Gasteiger partial charge in [0.1, 0.15) is 11.6 Å². The Morgan fingerprint density at radius 3 is 2.57 bits per heavy atom. The van der Waals surface area contributed by atoms with Gasteiger partial charge in [0.15, 0.2) is 0 Å². The molecule has 0 atom stereocenters. The average Bonchev–Trinajstić information content (AvgIpc) is 2.53. The Balaban J connectivity index is 1.74. The summed E-state index contributed by atoms with van der Waals surface area (Å²) in [6.07, 6.45) is 0. The Morgan fingerprint density at radius 2 is 1.81 bits per heavy atom. The Hall–Kier alpha value is -2.75. The van der Waals surface area contributed by atoms with Crippen molar-refractivity contribution < 1.29 is 4.74 Å². The number of hydrogen-bond donors (Lipinski definition) is 2. The van der Waals surface area contributed by atoms with E-state index in [2.05, 4.69) is 10.3 Å². The van der Waals surface area contributed by atoms with Crippen LogP contribution in [-0.2, 0) is 6.54 Å². The van der Waals surface area contributed by atoms with Crippen LogP contribution in [0.3, 0.4) is 0 Å². The second-order valence-electron chi connectivity index (χ2n) is 4.85. The van der Waals surface area contributed by atoms with Crippen LogP contribution in [0.5, 0.6) is 5.75 Å². The highest BCUT2D eigenvalue weighted by Crippen LogP contribution is 2.18. The molecule has 0 saturated carbocycles. The van der Waals surface area contributed by atoms with Crippen LogP contribution in [0.1, 0.15) is 5.56 Å². The molecule has 2 aromatic carbocycles. The third-order valence-electron chi connectivity index (χ3n) is 3.35. The lowest BCUT2D eigenvalue weighted by Gasteiger charge is -2.08. The Bertz CT molecular complexity index is 754. The maximum absolute atomic E-state index is 5.79. The van der Waals surface area contributed by atoms with Gasteiger partial charge in [-0.3, -0.25) is 0 Å². The molecule has 106 valence electrons. The van der Waals surface area contributed by atoms with Gasteiger partial charge in [0, 0.05) is 17.6 Å². The summed E-state index contributed by atoms with van der Waals surface area (Å²) in [5, 5.41) is 4.40. The van der Waals surface area contributed by atoms with Crippen molar-refractivity contribution in [2.45, 2.75) is 6.54 Å². The molecule has 21 heavy (non-hydrogen) atoms. The number of ether oxygens (including phenoxy) is 1. The van der Waals surface area contributed by atoms with Crippen molar-refractivity contribution in [2.75, 3.05) is 18.2 Å². The first-order valence-electron chi connectivity index (χ1n) is 6.78. The van der Waals surface area contributed by atoms with Gasteiger partial charge in [-0.15, -0.1) is 0 Å². The van der Waals surface area contributed by atoms with Gasteiger partial charge in [-0.25, -0.2) is 4.98 Å². The number of nitrogen functional groups attached to an aromatic ring is 1.